The Morgan fingerprint density at radius 1 is 1.38 bits per heavy atom. The molecule has 0 aliphatic heterocycles. The number of amides is 1. The molecule has 0 radical (unpaired) electrons. The number of aliphatic hydroxyl groups is 1. The van der Waals surface area contributed by atoms with Gasteiger partial charge in [-0.25, -0.2) is 0 Å². The Balaban J connectivity index is 3.86. The standard InChI is InChI=1S/C12H26N2O2/c1-4-5-8-14(9-10-15)12(16)6-7-13-11(2)3/h11,13,15H,4-10H2,1-3H3. The Morgan fingerprint density at radius 2 is 2.06 bits per heavy atom. The predicted octanol–water partition coefficient (Wildman–Crippen LogP) is 0.995. The molecule has 0 aliphatic carbocycles. The molecule has 0 spiro atoms. The van der Waals surface area contributed by atoms with Gasteiger partial charge in [-0.3, -0.25) is 4.79 Å². The highest BCUT2D eigenvalue weighted by atomic mass is 16.3. The fourth-order valence-corrected chi connectivity index (χ4v) is 1.46. The maximum Gasteiger partial charge on any atom is 0.223 e. The van der Waals surface area contributed by atoms with Crippen LogP contribution < -0.4 is 5.32 Å². The van der Waals surface area contributed by atoms with Crippen LogP contribution in [-0.4, -0.2) is 48.2 Å². The topological polar surface area (TPSA) is 52.6 Å². The summed E-state index contributed by atoms with van der Waals surface area (Å²) in [6, 6.07) is 0.412. The van der Waals surface area contributed by atoms with Crippen LogP contribution >= 0.6 is 0 Å². The summed E-state index contributed by atoms with van der Waals surface area (Å²) < 4.78 is 0. The van der Waals surface area contributed by atoms with E-state index in [9.17, 15) is 4.79 Å². The van der Waals surface area contributed by atoms with Gasteiger partial charge >= 0.3 is 0 Å². The second kappa shape index (κ2) is 9.60. The molecule has 16 heavy (non-hydrogen) atoms. The SMILES string of the molecule is CCCCN(CCO)C(=O)CCNC(C)C. The number of rotatable bonds is 9. The number of aliphatic hydroxyl groups excluding tert-OH is 1. The molecule has 0 bridgehead atoms. The Morgan fingerprint density at radius 3 is 2.56 bits per heavy atom. The largest absolute Gasteiger partial charge is 0.395 e. The molecule has 0 heterocycles. The number of nitrogens with one attached hydrogen (secondary N) is 1. The summed E-state index contributed by atoms with van der Waals surface area (Å²) in [6.07, 6.45) is 2.59. The van der Waals surface area contributed by atoms with Gasteiger partial charge in [0.1, 0.15) is 0 Å². The van der Waals surface area contributed by atoms with Crippen molar-refractivity contribution in [2.75, 3.05) is 26.2 Å². The number of carbonyl (C=O) groups is 1. The minimum Gasteiger partial charge on any atom is -0.395 e. The fourth-order valence-electron chi connectivity index (χ4n) is 1.46. The van der Waals surface area contributed by atoms with Gasteiger partial charge in [0, 0.05) is 32.1 Å². The Hall–Kier alpha value is -0.610. The molecule has 4 nitrogen and oxygen atoms in total. The molecule has 0 aromatic carbocycles. The maximum atomic E-state index is 11.8. The van der Waals surface area contributed by atoms with E-state index in [-0.39, 0.29) is 12.5 Å². The summed E-state index contributed by atoms with van der Waals surface area (Å²) in [7, 11) is 0. The molecule has 0 rings (SSSR count). The van der Waals surface area contributed by atoms with Crippen LogP contribution in [0.2, 0.25) is 0 Å². The molecule has 0 saturated heterocycles. The molecule has 0 unspecified atom stereocenters. The van der Waals surface area contributed by atoms with E-state index >= 15 is 0 Å². The molecule has 0 saturated carbocycles. The first-order valence-corrected chi connectivity index (χ1v) is 6.23. The van der Waals surface area contributed by atoms with Crippen LogP contribution in [0.25, 0.3) is 0 Å². The molecule has 96 valence electrons. The normalized spacial score (nSPS) is 10.8. The number of carbonyl (C=O) groups excluding carboxylic acids is 1. The third kappa shape index (κ3) is 7.65. The zero-order valence-electron chi connectivity index (χ0n) is 10.8. The van der Waals surface area contributed by atoms with Gasteiger partial charge in [-0.05, 0) is 6.42 Å². The summed E-state index contributed by atoms with van der Waals surface area (Å²) in [6.45, 7) is 8.21. The number of hydrogen-bond acceptors (Lipinski definition) is 3. The number of hydrogen-bond donors (Lipinski definition) is 2. The highest BCUT2D eigenvalue weighted by Crippen LogP contribution is 1.98. The Kier molecular flexibility index (Phi) is 9.24. The summed E-state index contributed by atoms with van der Waals surface area (Å²) in [4.78, 5) is 13.6. The van der Waals surface area contributed by atoms with Crippen LogP contribution in [0.15, 0.2) is 0 Å². The van der Waals surface area contributed by atoms with Crippen LogP contribution in [0.1, 0.15) is 40.0 Å². The molecule has 0 aliphatic rings. The van der Waals surface area contributed by atoms with Crippen LogP contribution in [0.4, 0.5) is 0 Å². The molecule has 0 aromatic rings. The van der Waals surface area contributed by atoms with E-state index in [4.69, 9.17) is 5.11 Å². The van der Waals surface area contributed by atoms with E-state index in [0.29, 0.717) is 25.6 Å². The summed E-state index contributed by atoms with van der Waals surface area (Å²) in [5.41, 5.74) is 0. The van der Waals surface area contributed by atoms with Crippen LogP contribution in [-0.2, 0) is 4.79 Å². The Bertz CT molecular complexity index is 184. The molecule has 1 amide bonds. The first kappa shape index (κ1) is 15.4. The van der Waals surface area contributed by atoms with Crippen molar-refractivity contribution in [1.82, 2.24) is 10.2 Å². The van der Waals surface area contributed by atoms with E-state index < -0.39 is 0 Å². The summed E-state index contributed by atoms with van der Waals surface area (Å²) >= 11 is 0. The van der Waals surface area contributed by atoms with E-state index in [1.165, 1.54) is 0 Å². The van der Waals surface area contributed by atoms with Crippen LogP contribution in [0, 0.1) is 0 Å². The van der Waals surface area contributed by atoms with Crippen molar-refractivity contribution in [3.8, 4) is 0 Å². The smallest absolute Gasteiger partial charge is 0.223 e. The van der Waals surface area contributed by atoms with E-state index in [1.807, 2.05) is 0 Å². The van der Waals surface area contributed by atoms with Gasteiger partial charge < -0.3 is 15.3 Å². The molecular weight excluding hydrogens is 204 g/mol. The maximum absolute atomic E-state index is 11.8. The van der Waals surface area contributed by atoms with Gasteiger partial charge in [0.2, 0.25) is 5.91 Å². The van der Waals surface area contributed by atoms with Crippen molar-refractivity contribution < 1.29 is 9.90 Å². The third-order valence-corrected chi connectivity index (χ3v) is 2.40. The van der Waals surface area contributed by atoms with Gasteiger partial charge in [-0.1, -0.05) is 27.2 Å². The van der Waals surface area contributed by atoms with Gasteiger partial charge in [-0.15, -0.1) is 0 Å². The number of nitrogens with zero attached hydrogens (tertiary/aromatic N) is 1. The lowest BCUT2D eigenvalue weighted by molar-refractivity contribution is -0.131. The average Bonchev–Trinajstić information content (AvgIpc) is 2.23. The van der Waals surface area contributed by atoms with Crippen LogP contribution in [0.3, 0.4) is 0 Å². The zero-order valence-corrected chi connectivity index (χ0v) is 10.8. The van der Waals surface area contributed by atoms with Gasteiger partial charge in [0.15, 0.2) is 0 Å². The van der Waals surface area contributed by atoms with Gasteiger partial charge in [-0.2, -0.15) is 0 Å². The van der Waals surface area contributed by atoms with Crippen LogP contribution in [0.5, 0.6) is 0 Å². The molecule has 0 aromatic heterocycles. The minimum atomic E-state index is 0.0487. The summed E-state index contributed by atoms with van der Waals surface area (Å²) in [5, 5.41) is 12.1. The predicted molar refractivity (Wildman–Crippen MR) is 66.3 cm³/mol. The molecular formula is C12H26N2O2. The molecule has 0 atom stereocenters. The molecule has 4 heteroatoms. The highest BCUT2D eigenvalue weighted by molar-refractivity contribution is 5.76. The lowest BCUT2D eigenvalue weighted by atomic mass is 10.2. The quantitative estimate of drug-likeness (QED) is 0.621. The average molecular weight is 230 g/mol. The van der Waals surface area contributed by atoms with Crippen molar-refractivity contribution in [3.05, 3.63) is 0 Å². The van der Waals surface area contributed by atoms with E-state index in [1.54, 1.807) is 4.90 Å². The zero-order chi connectivity index (χ0) is 12.4. The number of unbranched alkanes of at least 4 members (excludes halogenated alkanes) is 1. The monoisotopic (exact) mass is 230 g/mol. The second-order valence-electron chi connectivity index (χ2n) is 4.32. The summed E-state index contributed by atoms with van der Waals surface area (Å²) in [5.74, 6) is 0.135. The van der Waals surface area contributed by atoms with E-state index in [2.05, 4.69) is 26.1 Å². The van der Waals surface area contributed by atoms with E-state index in [0.717, 1.165) is 19.4 Å². The lowest BCUT2D eigenvalue weighted by Gasteiger charge is -2.21. The highest BCUT2D eigenvalue weighted by Gasteiger charge is 2.11. The fraction of sp³-hybridized carbons (Fsp3) is 0.917. The van der Waals surface area contributed by atoms with Crippen molar-refractivity contribution in [3.63, 3.8) is 0 Å². The first-order chi connectivity index (χ1) is 7.61. The first-order valence-electron chi connectivity index (χ1n) is 6.23. The Labute approximate surface area is 99.0 Å². The molecule has 0 fully saturated rings. The lowest BCUT2D eigenvalue weighted by Crippen LogP contribution is -2.37. The third-order valence-electron chi connectivity index (χ3n) is 2.40. The van der Waals surface area contributed by atoms with Crippen molar-refractivity contribution in [2.45, 2.75) is 46.1 Å². The van der Waals surface area contributed by atoms with Crippen molar-refractivity contribution in [1.29, 1.82) is 0 Å². The minimum absolute atomic E-state index is 0.0487. The second-order valence-corrected chi connectivity index (χ2v) is 4.32. The van der Waals surface area contributed by atoms with Crippen molar-refractivity contribution in [2.24, 2.45) is 0 Å². The van der Waals surface area contributed by atoms with Gasteiger partial charge in [0.05, 0.1) is 6.61 Å². The van der Waals surface area contributed by atoms with Gasteiger partial charge in [0.25, 0.3) is 0 Å². The van der Waals surface area contributed by atoms with Crippen molar-refractivity contribution >= 4 is 5.91 Å². The molecule has 2 N–H and O–H groups in total.